The molecule has 0 bridgehead atoms. The van der Waals surface area contributed by atoms with Crippen molar-refractivity contribution in [3.8, 4) is 0 Å². The summed E-state index contributed by atoms with van der Waals surface area (Å²) in [6, 6.07) is 20.4. The predicted molar refractivity (Wildman–Crippen MR) is 155 cm³/mol. The minimum absolute atomic E-state index is 0.300. The predicted octanol–water partition coefficient (Wildman–Crippen LogP) is 3.35. The van der Waals surface area contributed by atoms with Gasteiger partial charge in [-0.05, 0) is 63.5 Å². The Balaban J connectivity index is 1.21. The molecule has 3 heterocycles. The van der Waals surface area contributed by atoms with Crippen molar-refractivity contribution in [2.24, 2.45) is 0 Å². The van der Waals surface area contributed by atoms with Crippen molar-refractivity contribution in [1.29, 1.82) is 0 Å². The van der Waals surface area contributed by atoms with Crippen LogP contribution in [-0.2, 0) is 23.1 Å². The summed E-state index contributed by atoms with van der Waals surface area (Å²) in [5.41, 5.74) is 1.73. The second kappa shape index (κ2) is 12.3. The van der Waals surface area contributed by atoms with Crippen molar-refractivity contribution in [3.63, 3.8) is 0 Å². The molecule has 2 aromatic heterocycles. The van der Waals surface area contributed by atoms with Gasteiger partial charge in [0, 0.05) is 56.5 Å². The van der Waals surface area contributed by atoms with E-state index in [9.17, 15) is 8.42 Å². The lowest BCUT2D eigenvalue weighted by Gasteiger charge is -2.34. The molecule has 0 amide bonds. The summed E-state index contributed by atoms with van der Waals surface area (Å²) in [4.78, 5) is 16.9. The lowest BCUT2D eigenvalue weighted by Crippen LogP contribution is -2.45. The van der Waals surface area contributed by atoms with Gasteiger partial charge in [0.15, 0.2) is 0 Å². The van der Waals surface area contributed by atoms with Gasteiger partial charge in [-0.1, -0.05) is 30.3 Å². The van der Waals surface area contributed by atoms with Gasteiger partial charge >= 0.3 is 0 Å². The highest BCUT2D eigenvalue weighted by Crippen LogP contribution is 2.22. The Hall–Kier alpha value is -3.31. The molecule has 0 radical (unpaired) electrons. The van der Waals surface area contributed by atoms with Crippen LogP contribution in [0.5, 0.6) is 0 Å². The van der Waals surface area contributed by atoms with Crippen molar-refractivity contribution < 1.29 is 8.42 Å². The number of aromatic nitrogens is 3. The summed E-state index contributed by atoms with van der Waals surface area (Å²) in [5, 5.41) is 4.57. The fraction of sp³-hybridized carbons (Fsp3) is 0.379. The lowest BCUT2D eigenvalue weighted by molar-refractivity contribution is 0.119. The third-order valence-corrected chi connectivity index (χ3v) is 8.77. The molecule has 1 aliphatic rings. The molecule has 9 nitrogen and oxygen atoms in total. The minimum atomic E-state index is -3.61. The lowest BCUT2D eigenvalue weighted by atomic mass is 10.2. The fourth-order valence-electron chi connectivity index (χ4n) is 4.93. The highest BCUT2D eigenvalue weighted by molar-refractivity contribution is 7.90. The largest absolute Gasteiger partial charge is 0.369 e. The monoisotopic (exact) mass is 547 g/mol. The van der Waals surface area contributed by atoms with Gasteiger partial charge in [-0.2, -0.15) is 0 Å². The van der Waals surface area contributed by atoms with Crippen LogP contribution in [0.15, 0.2) is 77.8 Å². The zero-order chi connectivity index (χ0) is 27.2. The summed E-state index contributed by atoms with van der Waals surface area (Å²) in [7, 11) is 0.562. The molecule has 206 valence electrons. The summed E-state index contributed by atoms with van der Waals surface area (Å²) in [6.07, 6.45) is 2.68. The van der Waals surface area contributed by atoms with E-state index in [1.54, 1.807) is 36.5 Å². The summed E-state index contributed by atoms with van der Waals surface area (Å²) in [6.45, 7) is 6.58. The van der Waals surface area contributed by atoms with Gasteiger partial charge in [0.1, 0.15) is 11.6 Å². The molecule has 39 heavy (non-hydrogen) atoms. The van der Waals surface area contributed by atoms with E-state index < -0.39 is 10.0 Å². The van der Waals surface area contributed by atoms with Gasteiger partial charge in [0.25, 0.3) is 10.0 Å². The average Bonchev–Trinajstić information content (AvgIpc) is 3.41. The molecule has 0 spiro atoms. The SMILES string of the molecule is CN(C)CCCNc1nc(CN2CCN(Cc3cccn3S(=O)(=O)c3ccccc3)CC2)nc2ccccc12. The third-order valence-electron chi connectivity index (χ3n) is 7.03. The first-order valence-electron chi connectivity index (χ1n) is 13.5. The first-order valence-corrected chi connectivity index (χ1v) is 14.9. The first kappa shape index (κ1) is 27.3. The zero-order valence-corrected chi connectivity index (χ0v) is 23.5. The molecule has 0 unspecified atom stereocenters. The number of anilines is 1. The zero-order valence-electron chi connectivity index (χ0n) is 22.7. The molecule has 5 rings (SSSR count). The van der Waals surface area contributed by atoms with Gasteiger partial charge in [-0.15, -0.1) is 0 Å². The van der Waals surface area contributed by atoms with E-state index in [1.165, 1.54) is 3.97 Å². The van der Waals surface area contributed by atoms with Crippen molar-refractivity contribution >= 4 is 26.7 Å². The molecule has 1 N–H and O–H groups in total. The quantitative estimate of drug-likeness (QED) is 0.286. The van der Waals surface area contributed by atoms with Gasteiger partial charge in [0.05, 0.1) is 17.0 Å². The maximum atomic E-state index is 13.2. The maximum absolute atomic E-state index is 13.2. The first-order chi connectivity index (χ1) is 18.9. The summed E-state index contributed by atoms with van der Waals surface area (Å²) in [5.74, 6) is 1.72. The molecular weight excluding hydrogens is 510 g/mol. The van der Waals surface area contributed by atoms with E-state index >= 15 is 0 Å². The number of para-hydroxylation sites is 1. The smallest absolute Gasteiger partial charge is 0.267 e. The highest BCUT2D eigenvalue weighted by Gasteiger charge is 2.23. The summed E-state index contributed by atoms with van der Waals surface area (Å²) >= 11 is 0. The van der Waals surface area contributed by atoms with Crippen molar-refractivity contribution in [2.75, 3.05) is 58.7 Å². The molecule has 1 saturated heterocycles. The van der Waals surface area contributed by atoms with E-state index in [4.69, 9.17) is 9.97 Å². The Bertz CT molecular complexity index is 1480. The van der Waals surface area contributed by atoms with Crippen LogP contribution < -0.4 is 5.32 Å². The number of hydrogen-bond acceptors (Lipinski definition) is 8. The maximum Gasteiger partial charge on any atom is 0.267 e. The number of nitrogens with zero attached hydrogens (tertiary/aromatic N) is 6. The van der Waals surface area contributed by atoms with Gasteiger partial charge in [0.2, 0.25) is 0 Å². The molecule has 4 aromatic rings. The molecule has 1 fully saturated rings. The highest BCUT2D eigenvalue weighted by atomic mass is 32.2. The van der Waals surface area contributed by atoms with E-state index in [-0.39, 0.29) is 0 Å². The third kappa shape index (κ3) is 6.65. The fourth-order valence-corrected chi connectivity index (χ4v) is 6.32. The van der Waals surface area contributed by atoms with Gasteiger partial charge in [-0.3, -0.25) is 9.80 Å². The van der Waals surface area contributed by atoms with Crippen LogP contribution in [0.2, 0.25) is 0 Å². The topological polar surface area (TPSA) is 86.6 Å². The molecule has 0 atom stereocenters. The molecule has 2 aromatic carbocycles. The summed E-state index contributed by atoms with van der Waals surface area (Å²) < 4.78 is 27.7. The van der Waals surface area contributed by atoms with E-state index in [1.807, 2.05) is 30.3 Å². The Morgan fingerprint density at radius 1 is 0.846 bits per heavy atom. The number of hydrogen-bond donors (Lipinski definition) is 1. The number of nitrogens with one attached hydrogen (secondary N) is 1. The van der Waals surface area contributed by atoms with Crippen LogP contribution >= 0.6 is 0 Å². The van der Waals surface area contributed by atoms with Crippen LogP contribution in [0.25, 0.3) is 10.9 Å². The molecule has 10 heteroatoms. The number of benzene rings is 2. The van der Waals surface area contributed by atoms with Crippen LogP contribution in [0, 0.1) is 0 Å². The van der Waals surface area contributed by atoms with Crippen LogP contribution in [0.3, 0.4) is 0 Å². The minimum Gasteiger partial charge on any atom is -0.369 e. The Labute approximate surface area is 231 Å². The van der Waals surface area contributed by atoms with Crippen molar-refractivity contribution in [1.82, 2.24) is 28.6 Å². The standard InChI is InChI=1S/C29H37N7O2S/c1-33(2)16-9-15-30-29-26-13-6-7-14-27(26)31-28(32-29)23-35-20-18-34(19-21-35)22-24-10-8-17-36(24)39(37,38)25-11-4-3-5-12-25/h3-8,10-14,17H,9,15-16,18-23H2,1-2H3,(H,30,31,32). The molecule has 0 aliphatic carbocycles. The second-order valence-electron chi connectivity index (χ2n) is 10.3. The Morgan fingerprint density at radius 3 is 2.28 bits per heavy atom. The Morgan fingerprint density at radius 2 is 1.54 bits per heavy atom. The number of rotatable bonds is 11. The number of fused-ring (bicyclic) bond motifs is 1. The number of piperazine rings is 1. The van der Waals surface area contributed by atoms with Crippen molar-refractivity contribution in [2.45, 2.75) is 24.4 Å². The normalized spacial score (nSPS) is 15.3. The van der Waals surface area contributed by atoms with Gasteiger partial charge < -0.3 is 10.2 Å². The van der Waals surface area contributed by atoms with Gasteiger partial charge in [-0.25, -0.2) is 22.4 Å². The molecule has 1 aliphatic heterocycles. The van der Waals surface area contributed by atoms with E-state index in [0.29, 0.717) is 18.0 Å². The van der Waals surface area contributed by atoms with Crippen LogP contribution in [0.4, 0.5) is 5.82 Å². The second-order valence-corrected chi connectivity index (χ2v) is 12.1. The van der Waals surface area contributed by atoms with E-state index in [0.717, 1.165) is 73.9 Å². The molecular formula is C29H37N7O2S. The Kier molecular flexibility index (Phi) is 8.56. The van der Waals surface area contributed by atoms with Crippen LogP contribution in [-0.4, -0.2) is 90.4 Å². The van der Waals surface area contributed by atoms with Crippen LogP contribution in [0.1, 0.15) is 17.9 Å². The average molecular weight is 548 g/mol. The molecule has 0 saturated carbocycles. The van der Waals surface area contributed by atoms with Crippen molar-refractivity contribution in [3.05, 3.63) is 84.4 Å². The van der Waals surface area contributed by atoms with E-state index in [2.05, 4.69) is 40.2 Å².